The molecule has 0 amide bonds. The first-order chi connectivity index (χ1) is 11.1. The van der Waals surface area contributed by atoms with Gasteiger partial charge in [-0.15, -0.1) is 0 Å². The van der Waals surface area contributed by atoms with Crippen molar-refractivity contribution in [1.82, 2.24) is 9.97 Å². The van der Waals surface area contributed by atoms with Gasteiger partial charge in [-0.1, -0.05) is 19.1 Å². The van der Waals surface area contributed by atoms with Crippen molar-refractivity contribution in [3.05, 3.63) is 59.7 Å². The second kappa shape index (κ2) is 6.04. The first-order valence-electron chi connectivity index (χ1n) is 7.37. The topological polar surface area (TPSA) is 78.6 Å². The van der Waals surface area contributed by atoms with Crippen molar-refractivity contribution < 1.29 is 4.39 Å². The number of imidazole rings is 1. The molecule has 0 aliphatic carbocycles. The zero-order chi connectivity index (χ0) is 16.4. The molecular weight excluding hydrogens is 291 g/mol. The van der Waals surface area contributed by atoms with Crippen molar-refractivity contribution in [2.75, 3.05) is 5.73 Å². The van der Waals surface area contributed by atoms with Gasteiger partial charge in [0.1, 0.15) is 11.6 Å². The summed E-state index contributed by atoms with van der Waals surface area (Å²) in [5, 5.41) is 7.33. The van der Waals surface area contributed by atoms with E-state index in [0.717, 1.165) is 34.8 Å². The summed E-state index contributed by atoms with van der Waals surface area (Å²) in [6.45, 7) is 2.02. The number of aromatic amines is 1. The number of nitrogens with zero attached hydrogens (tertiary/aromatic N) is 1. The van der Waals surface area contributed by atoms with Gasteiger partial charge in [-0.2, -0.15) is 0 Å². The summed E-state index contributed by atoms with van der Waals surface area (Å²) in [5.41, 5.74) is 10.5. The molecule has 23 heavy (non-hydrogen) atoms. The average molecular weight is 308 g/mol. The number of aryl methyl sites for hydroxylation is 1. The third-order valence-corrected chi connectivity index (χ3v) is 3.74. The summed E-state index contributed by atoms with van der Waals surface area (Å²) < 4.78 is 13.2. The zero-order valence-electron chi connectivity index (χ0n) is 12.7. The van der Waals surface area contributed by atoms with Crippen LogP contribution in [0.5, 0.6) is 0 Å². The minimum absolute atomic E-state index is 0.273. The Kier molecular flexibility index (Phi) is 3.93. The molecule has 0 atom stereocenters. The lowest BCUT2D eigenvalue weighted by atomic mass is 10.0. The Balaban J connectivity index is 2.15. The maximum atomic E-state index is 13.2. The maximum absolute atomic E-state index is 13.2. The van der Waals surface area contributed by atoms with Crippen molar-refractivity contribution in [2.24, 2.45) is 0 Å². The van der Waals surface area contributed by atoms with E-state index in [1.807, 2.05) is 19.1 Å². The molecule has 2 aromatic carbocycles. The number of nitrogens with one attached hydrogen (secondary N) is 2. The number of halogens is 1. The lowest BCUT2D eigenvalue weighted by Crippen LogP contribution is -1.94. The van der Waals surface area contributed by atoms with E-state index in [9.17, 15) is 4.39 Å². The van der Waals surface area contributed by atoms with Crippen LogP contribution in [-0.2, 0) is 6.42 Å². The Morgan fingerprint density at radius 3 is 2.48 bits per heavy atom. The Labute approximate surface area is 133 Å². The Hall–Kier alpha value is -2.95. The highest BCUT2D eigenvalue weighted by molar-refractivity contribution is 5.88. The number of anilines is 1. The molecule has 0 radical (unpaired) electrons. The fraction of sp³-hybridized carbons (Fsp3) is 0.111. The van der Waals surface area contributed by atoms with Crippen LogP contribution in [0.1, 0.15) is 18.3 Å². The molecule has 3 aromatic rings. The Bertz CT molecular complexity index is 850. The SMILES string of the molecule is CCc1nc(-c2ccc(C=N)c(N)c2)c(-c2ccc(F)cc2)[nH]1. The van der Waals surface area contributed by atoms with E-state index in [1.165, 1.54) is 18.3 Å². The van der Waals surface area contributed by atoms with Crippen LogP contribution in [-0.4, -0.2) is 16.2 Å². The van der Waals surface area contributed by atoms with Crippen molar-refractivity contribution in [3.63, 3.8) is 0 Å². The summed E-state index contributed by atoms with van der Waals surface area (Å²) in [6, 6.07) is 11.8. The molecule has 0 unspecified atom stereocenters. The summed E-state index contributed by atoms with van der Waals surface area (Å²) in [7, 11) is 0. The highest BCUT2D eigenvalue weighted by Crippen LogP contribution is 2.32. The van der Waals surface area contributed by atoms with E-state index < -0.39 is 0 Å². The van der Waals surface area contributed by atoms with Gasteiger partial charge >= 0.3 is 0 Å². The van der Waals surface area contributed by atoms with Crippen LogP contribution >= 0.6 is 0 Å². The standard InChI is InChI=1S/C18H17FN4/c1-2-16-22-17(11-5-7-14(19)8-6-11)18(23-16)12-3-4-13(10-20)15(21)9-12/h3-10,20H,2,21H2,1H3,(H,22,23). The van der Waals surface area contributed by atoms with Crippen LogP contribution in [0.4, 0.5) is 10.1 Å². The second-order valence-corrected chi connectivity index (χ2v) is 5.26. The second-order valence-electron chi connectivity index (χ2n) is 5.26. The minimum Gasteiger partial charge on any atom is -0.398 e. The van der Waals surface area contributed by atoms with Gasteiger partial charge in [0.25, 0.3) is 0 Å². The first-order valence-corrected chi connectivity index (χ1v) is 7.37. The van der Waals surface area contributed by atoms with E-state index in [4.69, 9.17) is 11.1 Å². The molecule has 116 valence electrons. The number of hydrogen-bond donors (Lipinski definition) is 3. The number of aromatic nitrogens is 2. The van der Waals surface area contributed by atoms with Gasteiger partial charge < -0.3 is 16.1 Å². The van der Waals surface area contributed by atoms with Gasteiger partial charge in [0, 0.05) is 35.0 Å². The van der Waals surface area contributed by atoms with E-state index in [2.05, 4.69) is 9.97 Å². The van der Waals surface area contributed by atoms with Gasteiger partial charge in [0.05, 0.1) is 11.4 Å². The van der Waals surface area contributed by atoms with Gasteiger partial charge in [0.15, 0.2) is 0 Å². The lowest BCUT2D eigenvalue weighted by molar-refractivity contribution is 0.628. The zero-order valence-corrected chi connectivity index (χ0v) is 12.7. The fourth-order valence-electron chi connectivity index (χ4n) is 2.48. The van der Waals surface area contributed by atoms with E-state index in [1.54, 1.807) is 18.2 Å². The Morgan fingerprint density at radius 1 is 1.17 bits per heavy atom. The molecule has 3 rings (SSSR count). The highest BCUT2D eigenvalue weighted by Gasteiger charge is 2.14. The number of nitrogen functional groups attached to an aromatic ring is 1. The lowest BCUT2D eigenvalue weighted by Gasteiger charge is -2.06. The number of hydrogen-bond acceptors (Lipinski definition) is 3. The van der Waals surface area contributed by atoms with Gasteiger partial charge in [-0.25, -0.2) is 9.37 Å². The summed E-state index contributed by atoms with van der Waals surface area (Å²) in [5.74, 6) is 0.583. The molecule has 4 N–H and O–H groups in total. The number of H-pyrrole nitrogens is 1. The van der Waals surface area contributed by atoms with Crippen LogP contribution in [0.25, 0.3) is 22.5 Å². The van der Waals surface area contributed by atoms with Crippen LogP contribution in [0, 0.1) is 11.2 Å². The summed E-state index contributed by atoms with van der Waals surface area (Å²) in [6.07, 6.45) is 1.99. The van der Waals surface area contributed by atoms with E-state index in [-0.39, 0.29) is 5.82 Å². The predicted octanol–water partition coefficient (Wildman–Crippen LogP) is 4.03. The largest absolute Gasteiger partial charge is 0.398 e. The van der Waals surface area contributed by atoms with Crippen LogP contribution in [0.3, 0.4) is 0 Å². The van der Waals surface area contributed by atoms with Gasteiger partial charge in [-0.05, 0) is 30.3 Å². The maximum Gasteiger partial charge on any atom is 0.123 e. The molecule has 0 fully saturated rings. The van der Waals surface area contributed by atoms with Gasteiger partial charge in [0.2, 0.25) is 0 Å². The molecule has 5 heteroatoms. The third-order valence-electron chi connectivity index (χ3n) is 3.74. The number of benzene rings is 2. The molecule has 1 heterocycles. The first kappa shape index (κ1) is 15.0. The predicted molar refractivity (Wildman–Crippen MR) is 91.1 cm³/mol. The van der Waals surface area contributed by atoms with Crippen LogP contribution < -0.4 is 5.73 Å². The molecule has 0 spiro atoms. The summed E-state index contributed by atoms with van der Waals surface area (Å²) >= 11 is 0. The van der Waals surface area contributed by atoms with Crippen molar-refractivity contribution >= 4 is 11.9 Å². The molecule has 0 saturated carbocycles. The molecule has 4 nitrogen and oxygen atoms in total. The molecular formula is C18H17FN4. The number of nitrogens with two attached hydrogens (primary N) is 1. The van der Waals surface area contributed by atoms with Gasteiger partial charge in [-0.3, -0.25) is 0 Å². The Morgan fingerprint density at radius 2 is 1.87 bits per heavy atom. The van der Waals surface area contributed by atoms with Crippen molar-refractivity contribution in [3.8, 4) is 22.5 Å². The van der Waals surface area contributed by atoms with Crippen LogP contribution in [0.2, 0.25) is 0 Å². The smallest absolute Gasteiger partial charge is 0.123 e. The minimum atomic E-state index is -0.273. The summed E-state index contributed by atoms with van der Waals surface area (Å²) in [4.78, 5) is 7.93. The quantitative estimate of drug-likeness (QED) is 0.502. The van der Waals surface area contributed by atoms with Crippen LogP contribution in [0.15, 0.2) is 42.5 Å². The number of rotatable bonds is 4. The van der Waals surface area contributed by atoms with Crippen molar-refractivity contribution in [1.29, 1.82) is 5.41 Å². The highest BCUT2D eigenvalue weighted by atomic mass is 19.1. The molecule has 0 aliphatic heterocycles. The molecule has 0 saturated heterocycles. The average Bonchev–Trinajstić information content (AvgIpc) is 3.00. The van der Waals surface area contributed by atoms with E-state index >= 15 is 0 Å². The van der Waals surface area contributed by atoms with E-state index in [0.29, 0.717) is 11.3 Å². The molecule has 0 bridgehead atoms. The normalized spacial score (nSPS) is 10.7. The fourth-order valence-corrected chi connectivity index (χ4v) is 2.48. The molecule has 0 aliphatic rings. The monoisotopic (exact) mass is 308 g/mol. The van der Waals surface area contributed by atoms with Crippen molar-refractivity contribution in [2.45, 2.75) is 13.3 Å². The third kappa shape index (κ3) is 2.85. The molecule has 1 aromatic heterocycles.